The summed E-state index contributed by atoms with van der Waals surface area (Å²) >= 11 is 0. The summed E-state index contributed by atoms with van der Waals surface area (Å²) in [6.45, 7) is 2.92. The molecule has 0 saturated carbocycles. The first-order valence-corrected chi connectivity index (χ1v) is 13.6. The van der Waals surface area contributed by atoms with Crippen LogP contribution in [0.15, 0.2) is 82.9 Å². The number of amides is 1. The summed E-state index contributed by atoms with van der Waals surface area (Å²) in [4.78, 5) is 21.8. The summed E-state index contributed by atoms with van der Waals surface area (Å²) in [6.07, 6.45) is 0.896. The quantitative estimate of drug-likeness (QED) is 0.127. The molecule has 0 fully saturated rings. The van der Waals surface area contributed by atoms with Gasteiger partial charge in [0.2, 0.25) is 5.90 Å². The van der Waals surface area contributed by atoms with Gasteiger partial charge in [-0.3, -0.25) is 4.79 Å². The fourth-order valence-electron chi connectivity index (χ4n) is 4.69. The van der Waals surface area contributed by atoms with Gasteiger partial charge < -0.3 is 24.6 Å². The maximum absolute atomic E-state index is 13.9. The lowest BCUT2D eigenvalue weighted by Crippen LogP contribution is -2.53. The van der Waals surface area contributed by atoms with Crippen molar-refractivity contribution >= 4 is 11.8 Å². The molecule has 0 radical (unpaired) electrons. The largest absolute Gasteiger partial charge is 0.497 e. The van der Waals surface area contributed by atoms with Gasteiger partial charge in [-0.05, 0) is 72.0 Å². The lowest BCUT2D eigenvalue weighted by atomic mass is 9.84. The zero-order valence-electron chi connectivity index (χ0n) is 23.3. The minimum Gasteiger partial charge on any atom is -0.497 e. The summed E-state index contributed by atoms with van der Waals surface area (Å²) < 4.78 is 17.1. The minimum absolute atomic E-state index is 0.0663. The molecule has 2 atom stereocenters. The molecule has 214 valence electrons. The number of hydrogen-bond donors (Lipinski definition) is 2. The van der Waals surface area contributed by atoms with Crippen molar-refractivity contribution in [1.82, 2.24) is 5.32 Å². The molecule has 10 nitrogen and oxygen atoms in total. The van der Waals surface area contributed by atoms with E-state index in [9.17, 15) is 4.79 Å². The number of benzene rings is 3. The van der Waals surface area contributed by atoms with Crippen molar-refractivity contribution in [3.63, 3.8) is 0 Å². The average molecular weight is 558 g/mol. The molecular formula is C31H35N5O5. The van der Waals surface area contributed by atoms with Gasteiger partial charge in [0.15, 0.2) is 5.54 Å². The Labute approximate surface area is 239 Å². The zero-order valence-corrected chi connectivity index (χ0v) is 23.3. The first-order chi connectivity index (χ1) is 20.0. The molecule has 41 heavy (non-hydrogen) atoms. The first kappa shape index (κ1) is 29.5. The third-order valence-corrected chi connectivity index (χ3v) is 7.07. The second-order valence-electron chi connectivity index (χ2n) is 9.74. The highest BCUT2D eigenvalue weighted by molar-refractivity contribution is 6.01. The topological polar surface area (TPSA) is 138 Å². The fourth-order valence-corrected chi connectivity index (χ4v) is 4.69. The van der Waals surface area contributed by atoms with Gasteiger partial charge in [-0.15, -0.1) is 0 Å². The zero-order chi connectivity index (χ0) is 29.1. The third kappa shape index (κ3) is 7.36. The summed E-state index contributed by atoms with van der Waals surface area (Å²) in [5, 5.41) is 15.8. The van der Waals surface area contributed by atoms with E-state index in [-0.39, 0.29) is 25.5 Å². The van der Waals surface area contributed by atoms with Crippen LogP contribution in [0.5, 0.6) is 11.5 Å². The van der Waals surface area contributed by atoms with Crippen LogP contribution in [0.2, 0.25) is 0 Å². The van der Waals surface area contributed by atoms with Gasteiger partial charge in [0.1, 0.15) is 17.6 Å². The molecule has 0 spiro atoms. The van der Waals surface area contributed by atoms with Gasteiger partial charge in [-0.25, -0.2) is 4.99 Å². The highest BCUT2D eigenvalue weighted by atomic mass is 16.5. The van der Waals surface area contributed by atoms with Crippen molar-refractivity contribution in [1.29, 1.82) is 0 Å². The van der Waals surface area contributed by atoms with Crippen LogP contribution >= 0.6 is 0 Å². The number of aliphatic hydroxyl groups is 1. The molecule has 2 N–H and O–H groups in total. The van der Waals surface area contributed by atoms with Gasteiger partial charge in [0, 0.05) is 36.5 Å². The lowest BCUT2D eigenvalue weighted by molar-refractivity contribution is -0.128. The molecular weight excluding hydrogens is 522 g/mol. The number of nitrogens with one attached hydrogen (secondary N) is 1. The second-order valence-corrected chi connectivity index (χ2v) is 9.74. The van der Waals surface area contributed by atoms with E-state index in [1.165, 1.54) is 0 Å². The number of carbonyl (C=O) groups is 1. The highest BCUT2D eigenvalue weighted by Gasteiger charge is 2.50. The van der Waals surface area contributed by atoms with Crippen LogP contribution in [0.25, 0.3) is 10.4 Å². The number of ether oxygens (including phenoxy) is 3. The van der Waals surface area contributed by atoms with E-state index in [2.05, 4.69) is 15.3 Å². The van der Waals surface area contributed by atoms with Crippen molar-refractivity contribution in [2.75, 3.05) is 26.9 Å². The average Bonchev–Trinajstić information content (AvgIpc) is 3.34. The van der Waals surface area contributed by atoms with Crippen molar-refractivity contribution in [2.24, 2.45) is 10.1 Å². The SMILES string of the molecule is COc1ccc(CCNC(=O)[C@]2(Cc3ccccc3CN=[N+]=[N-])N=C(c3ccc(OCCCO)cc3)O[C@@H]2C)cc1. The van der Waals surface area contributed by atoms with Crippen LogP contribution in [0.4, 0.5) is 0 Å². The van der Waals surface area contributed by atoms with Gasteiger partial charge in [0.05, 0.1) is 20.3 Å². The fraction of sp³-hybridized carbons (Fsp3) is 0.355. The van der Waals surface area contributed by atoms with E-state index in [0.717, 1.165) is 28.0 Å². The Bertz CT molecular complexity index is 1390. The van der Waals surface area contributed by atoms with Gasteiger partial charge in [-0.2, -0.15) is 0 Å². The molecule has 4 rings (SSSR count). The first-order valence-electron chi connectivity index (χ1n) is 13.6. The van der Waals surface area contributed by atoms with Crippen LogP contribution < -0.4 is 14.8 Å². The lowest BCUT2D eigenvalue weighted by Gasteiger charge is -2.29. The molecule has 0 unspecified atom stereocenters. The smallest absolute Gasteiger partial charge is 0.252 e. The molecule has 3 aromatic rings. The maximum Gasteiger partial charge on any atom is 0.252 e. The Kier molecular flexibility index (Phi) is 10.2. The molecule has 1 amide bonds. The number of methoxy groups -OCH3 is 1. The normalized spacial score (nSPS) is 17.6. The number of aliphatic hydroxyl groups excluding tert-OH is 1. The Hall–Kier alpha value is -4.53. The van der Waals surface area contributed by atoms with Crippen LogP contribution in [0, 0.1) is 0 Å². The van der Waals surface area contributed by atoms with E-state index >= 15 is 0 Å². The van der Waals surface area contributed by atoms with Crippen molar-refractivity contribution < 1.29 is 24.1 Å². The Balaban J connectivity index is 1.59. The Morgan fingerprint density at radius 3 is 2.49 bits per heavy atom. The molecule has 1 aliphatic heterocycles. The summed E-state index contributed by atoms with van der Waals surface area (Å²) in [7, 11) is 1.63. The molecule has 0 aliphatic carbocycles. The van der Waals surface area contributed by atoms with Gasteiger partial charge in [0.25, 0.3) is 5.91 Å². The molecule has 10 heteroatoms. The monoisotopic (exact) mass is 557 g/mol. The number of nitrogens with zero attached hydrogens (tertiary/aromatic N) is 4. The van der Waals surface area contributed by atoms with Gasteiger partial charge in [-0.1, -0.05) is 41.5 Å². The van der Waals surface area contributed by atoms with Crippen LogP contribution in [-0.4, -0.2) is 55.4 Å². The standard InChI is InChI=1S/C31H35N5O5/c1-22-31(20-25-6-3-4-7-26(25)21-34-36-32,30(38)33-17-16-23-8-12-27(39-2)13-9-23)35-29(41-22)24-10-14-28(15-11-24)40-19-5-18-37/h3-4,6-15,22,37H,5,16-21H2,1-2H3,(H,33,38)/t22-,31-/m1/s1. The van der Waals surface area contributed by atoms with E-state index in [1.807, 2.05) is 79.7 Å². The molecule has 0 aromatic heterocycles. The number of azide groups is 1. The van der Waals surface area contributed by atoms with Crippen molar-refractivity contribution in [3.05, 3.63) is 105 Å². The third-order valence-electron chi connectivity index (χ3n) is 7.07. The van der Waals surface area contributed by atoms with Crippen LogP contribution in [-0.2, 0) is 28.9 Å². The summed E-state index contributed by atoms with van der Waals surface area (Å²) in [5.74, 6) is 1.58. The molecule has 1 heterocycles. The molecule has 1 aliphatic rings. The Morgan fingerprint density at radius 1 is 1.10 bits per heavy atom. The van der Waals surface area contributed by atoms with Crippen molar-refractivity contribution in [3.8, 4) is 11.5 Å². The van der Waals surface area contributed by atoms with E-state index in [4.69, 9.17) is 29.8 Å². The highest BCUT2D eigenvalue weighted by Crippen LogP contribution is 2.34. The van der Waals surface area contributed by atoms with E-state index in [1.54, 1.807) is 7.11 Å². The van der Waals surface area contributed by atoms with Crippen molar-refractivity contribution in [2.45, 2.75) is 44.4 Å². The van der Waals surface area contributed by atoms with Gasteiger partial charge >= 0.3 is 0 Å². The maximum atomic E-state index is 13.9. The summed E-state index contributed by atoms with van der Waals surface area (Å²) in [5.41, 5.74) is 11.1. The number of aliphatic imine (C=N–C) groups is 1. The van der Waals surface area contributed by atoms with Crippen LogP contribution in [0.3, 0.4) is 0 Å². The number of hydrogen-bond acceptors (Lipinski definition) is 7. The predicted molar refractivity (Wildman–Crippen MR) is 156 cm³/mol. The number of carbonyl (C=O) groups excluding carboxylic acids is 1. The summed E-state index contributed by atoms with van der Waals surface area (Å²) in [6, 6.07) is 22.6. The Morgan fingerprint density at radius 2 is 1.80 bits per heavy atom. The van der Waals surface area contributed by atoms with E-state index < -0.39 is 11.6 Å². The molecule has 0 saturated heterocycles. The van der Waals surface area contributed by atoms with Crippen LogP contribution in [0.1, 0.15) is 35.6 Å². The van der Waals surface area contributed by atoms with E-state index in [0.29, 0.717) is 37.6 Å². The second kappa shape index (κ2) is 14.2. The molecule has 0 bridgehead atoms. The minimum atomic E-state index is -1.24. The number of rotatable bonds is 14. The predicted octanol–water partition coefficient (Wildman–Crippen LogP) is 4.77. The molecule has 3 aromatic carbocycles.